The number of fused-ring (bicyclic) bond motifs is 1. The summed E-state index contributed by atoms with van der Waals surface area (Å²) >= 11 is 0. The van der Waals surface area contributed by atoms with Crippen LogP contribution in [0.4, 0.5) is 11.4 Å². The van der Waals surface area contributed by atoms with E-state index in [0.29, 0.717) is 11.2 Å². The highest BCUT2D eigenvalue weighted by atomic mass is 16.6. The number of nitro benzene ring substituents is 1. The van der Waals surface area contributed by atoms with Crippen molar-refractivity contribution in [3.63, 3.8) is 0 Å². The molecule has 1 aromatic heterocycles. The molecule has 0 unspecified atom stereocenters. The van der Waals surface area contributed by atoms with Crippen LogP contribution >= 0.6 is 0 Å². The van der Waals surface area contributed by atoms with E-state index in [1.165, 1.54) is 22.4 Å². The molecule has 7 nitrogen and oxygen atoms in total. The Morgan fingerprint density at radius 1 is 1.19 bits per heavy atom. The summed E-state index contributed by atoms with van der Waals surface area (Å²) in [5, 5.41) is 18.7. The lowest BCUT2D eigenvalue weighted by atomic mass is 9.87. The number of aromatic nitrogens is 2. The molecule has 0 bridgehead atoms. The van der Waals surface area contributed by atoms with Gasteiger partial charge in [-0.2, -0.15) is 5.10 Å². The fraction of sp³-hybridized carbons (Fsp3) is 0.263. The summed E-state index contributed by atoms with van der Waals surface area (Å²) in [5.74, 6) is -0.245. The average molecular weight is 352 g/mol. The van der Waals surface area contributed by atoms with Crippen LogP contribution in [-0.4, -0.2) is 20.6 Å². The molecule has 0 saturated carbocycles. The van der Waals surface area contributed by atoms with Gasteiger partial charge in [0.05, 0.1) is 16.6 Å². The Bertz CT molecular complexity index is 969. The fourth-order valence-corrected chi connectivity index (χ4v) is 2.69. The maximum Gasteiger partial charge on any atom is 0.271 e. The van der Waals surface area contributed by atoms with Crippen molar-refractivity contribution in [2.45, 2.75) is 32.7 Å². The van der Waals surface area contributed by atoms with Crippen LogP contribution in [0.1, 0.15) is 26.3 Å². The van der Waals surface area contributed by atoms with Gasteiger partial charge in [0.15, 0.2) is 0 Å². The molecule has 1 N–H and O–H groups in total. The minimum absolute atomic E-state index is 0.0221. The minimum atomic E-state index is -0.465. The molecule has 3 aromatic rings. The van der Waals surface area contributed by atoms with Gasteiger partial charge in [-0.3, -0.25) is 19.6 Å². The Kier molecular flexibility index (Phi) is 4.46. The second-order valence-corrected chi connectivity index (χ2v) is 7.18. The van der Waals surface area contributed by atoms with Crippen LogP contribution in [-0.2, 0) is 16.8 Å². The summed E-state index contributed by atoms with van der Waals surface area (Å²) < 4.78 is 1.46. The van der Waals surface area contributed by atoms with Crippen LogP contribution in [0.3, 0.4) is 0 Å². The number of benzene rings is 2. The van der Waals surface area contributed by atoms with Crippen molar-refractivity contribution in [1.29, 1.82) is 0 Å². The van der Waals surface area contributed by atoms with Crippen LogP contribution in [0.25, 0.3) is 10.9 Å². The van der Waals surface area contributed by atoms with Crippen LogP contribution in [0.5, 0.6) is 0 Å². The number of amides is 1. The largest absolute Gasteiger partial charge is 0.324 e. The molecule has 0 radical (unpaired) electrons. The zero-order valence-corrected chi connectivity index (χ0v) is 14.9. The summed E-state index contributed by atoms with van der Waals surface area (Å²) in [5.41, 5.74) is 2.45. The molecule has 0 aliphatic rings. The first-order valence-electron chi connectivity index (χ1n) is 8.24. The molecule has 0 fully saturated rings. The average Bonchev–Trinajstić information content (AvgIpc) is 2.96. The van der Waals surface area contributed by atoms with E-state index in [9.17, 15) is 14.9 Å². The SMILES string of the molecule is CC(C)(C)c1ccc(NC(=O)Cn2ncc3ccc([N+](=O)[O-])cc32)cc1. The third-order valence-corrected chi connectivity index (χ3v) is 4.17. The number of non-ortho nitro benzene ring substituents is 1. The van der Waals surface area contributed by atoms with Gasteiger partial charge in [-0.05, 0) is 29.2 Å². The van der Waals surface area contributed by atoms with Gasteiger partial charge < -0.3 is 5.32 Å². The molecule has 0 saturated heterocycles. The van der Waals surface area contributed by atoms with Crippen molar-refractivity contribution >= 4 is 28.2 Å². The van der Waals surface area contributed by atoms with E-state index in [-0.39, 0.29) is 23.6 Å². The predicted octanol–water partition coefficient (Wildman–Crippen LogP) is 3.88. The van der Waals surface area contributed by atoms with E-state index in [2.05, 4.69) is 31.2 Å². The summed E-state index contributed by atoms with van der Waals surface area (Å²) in [7, 11) is 0. The monoisotopic (exact) mass is 352 g/mol. The van der Waals surface area contributed by atoms with Crippen molar-refractivity contribution in [1.82, 2.24) is 9.78 Å². The Morgan fingerprint density at radius 2 is 1.88 bits per heavy atom. The quantitative estimate of drug-likeness (QED) is 0.570. The summed E-state index contributed by atoms with van der Waals surface area (Å²) in [6.45, 7) is 6.36. The summed E-state index contributed by atoms with van der Waals surface area (Å²) in [4.78, 5) is 22.8. The van der Waals surface area contributed by atoms with Crippen molar-refractivity contribution in [3.05, 3.63) is 64.3 Å². The number of nitrogens with zero attached hydrogens (tertiary/aromatic N) is 3. The Balaban J connectivity index is 1.75. The number of nitrogens with one attached hydrogen (secondary N) is 1. The highest BCUT2D eigenvalue weighted by Gasteiger charge is 2.14. The van der Waals surface area contributed by atoms with Crippen LogP contribution in [0.2, 0.25) is 0 Å². The fourth-order valence-electron chi connectivity index (χ4n) is 2.69. The molecule has 0 atom stereocenters. The molecule has 0 spiro atoms. The van der Waals surface area contributed by atoms with Gasteiger partial charge >= 0.3 is 0 Å². The summed E-state index contributed by atoms with van der Waals surface area (Å²) in [6, 6.07) is 12.2. The lowest BCUT2D eigenvalue weighted by Gasteiger charge is -2.19. The number of carbonyl (C=O) groups excluding carboxylic acids is 1. The van der Waals surface area contributed by atoms with Crippen LogP contribution in [0.15, 0.2) is 48.7 Å². The number of rotatable bonds is 4. The first-order valence-corrected chi connectivity index (χ1v) is 8.24. The van der Waals surface area contributed by atoms with Gasteiger partial charge in [-0.1, -0.05) is 32.9 Å². The Labute approximate surface area is 150 Å². The lowest BCUT2D eigenvalue weighted by molar-refractivity contribution is -0.384. The van der Waals surface area contributed by atoms with Crippen molar-refractivity contribution < 1.29 is 9.72 Å². The smallest absolute Gasteiger partial charge is 0.271 e. The molecular formula is C19H20N4O3. The molecule has 1 amide bonds. The molecule has 1 heterocycles. The van der Waals surface area contributed by atoms with Gasteiger partial charge in [0.2, 0.25) is 5.91 Å². The molecule has 26 heavy (non-hydrogen) atoms. The van der Waals surface area contributed by atoms with Gasteiger partial charge in [-0.15, -0.1) is 0 Å². The lowest BCUT2D eigenvalue weighted by Crippen LogP contribution is -2.19. The normalized spacial score (nSPS) is 11.5. The molecule has 0 aliphatic heterocycles. The zero-order valence-electron chi connectivity index (χ0n) is 14.9. The predicted molar refractivity (Wildman–Crippen MR) is 100 cm³/mol. The highest BCUT2D eigenvalue weighted by Crippen LogP contribution is 2.24. The molecule has 3 rings (SSSR count). The third-order valence-electron chi connectivity index (χ3n) is 4.17. The van der Waals surface area contributed by atoms with E-state index < -0.39 is 4.92 Å². The molecule has 7 heteroatoms. The number of carbonyl (C=O) groups is 1. The number of hydrogen-bond donors (Lipinski definition) is 1. The van der Waals surface area contributed by atoms with Gasteiger partial charge in [0, 0.05) is 23.2 Å². The maximum absolute atomic E-state index is 12.3. The van der Waals surface area contributed by atoms with Gasteiger partial charge in [0.1, 0.15) is 6.54 Å². The van der Waals surface area contributed by atoms with E-state index in [4.69, 9.17) is 0 Å². The highest BCUT2D eigenvalue weighted by molar-refractivity contribution is 5.92. The van der Waals surface area contributed by atoms with Crippen molar-refractivity contribution in [3.8, 4) is 0 Å². The molecular weight excluding hydrogens is 332 g/mol. The Morgan fingerprint density at radius 3 is 2.50 bits per heavy atom. The maximum atomic E-state index is 12.3. The number of nitro groups is 1. The number of hydrogen-bond acceptors (Lipinski definition) is 4. The topological polar surface area (TPSA) is 90.1 Å². The van der Waals surface area contributed by atoms with Crippen LogP contribution in [0, 0.1) is 10.1 Å². The van der Waals surface area contributed by atoms with E-state index in [1.54, 1.807) is 12.3 Å². The molecule has 0 aliphatic carbocycles. The van der Waals surface area contributed by atoms with Gasteiger partial charge in [0.25, 0.3) is 5.69 Å². The second kappa shape index (κ2) is 6.59. The first kappa shape index (κ1) is 17.6. The van der Waals surface area contributed by atoms with E-state index >= 15 is 0 Å². The van der Waals surface area contributed by atoms with Crippen LogP contribution < -0.4 is 5.32 Å². The minimum Gasteiger partial charge on any atom is -0.324 e. The van der Waals surface area contributed by atoms with E-state index in [1.807, 2.05) is 24.3 Å². The van der Waals surface area contributed by atoms with Crippen molar-refractivity contribution in [2.75, 3.05) is 5.32 Å². The third kappa shape index (κ3) is 3.72. The zero-order chi connectivity index (χ0) is 18.9. The standard InChI is InChI=1S/C19H20N4O3/c1-19(2,3)14-5-7-15(8-6-14)21-18(24)12-22-17-10-16(23(25)26)9-4-13(17)11-20-22/h4-11H,12H2,1-3H3,(H,21,24). The molecule has 134 valence electrons. The van der Waals surface area contributed by atoms with E-state index in [0.717, 1.165) is 5.39 Å². The van der Waals surface area contributed by atoms with Gasteiger partial charge in [-0.25, -0.2) is 0 Å². The van der Waals surface area contributed by atoms with Crippen molar-refractivity contribution in [2.24, 2.45) is 0 Å². The molecule has 2 aromatic carbocycles. The number of anilines is 1. The first-order chi connectivity index (χ1) is 12.2. The summed E-state index contributed by atoms with van der Waals surface area (Å²) in [6.07, 6.45) is 1.59. The second-order valence-electron chi connectivity index (χ2n) is 7.18. The Hall–Kier alpha value is -3.22.